The third-order valence-corrected chi connectivity index (χ3v) is 3.60. The van der Waals surface area contributed by atoms with Gasteiger partial charge in [0.1, 0.15) is 5.78 Å². The second-order valence-electron chi connectivity index (χ2n) is 4.91. The average molecular weight is 226 g/mol. The van der Waals surface area contributed by atoms with Gasteiger partial charge in [-0.2, -0.15) is 0 Å². The first-order valence-corrected chi connectivity index (χ1v) is 6.58. The molecule has 2 unspecified atom stereocenters. The lowest BCUT2D eigenvalue weighted by Crippen LogP contribution is -2.27. The molecule has 2 fully saturated rings. The largest absolute Gasteiger partial charge is 0.381 e. The predicted octanol–water partition coefficient (Wildman–Crippen LogP) is 2.33. The minimum Gasteiger partial charge on any atom is -0.381 e. The fourth-order valence-corrected chi connectivity index (χ4v) is 2.54. The summed E-state index contributed by atoms with van der Waals surface area (Å²) in [5.74, 6) is 0.547. The van der Waals surface area contributed by atoms with Gasteiger partial charge < -0.3 is 9.47 Å². The van der Waals surface area contributed by atoms with Crippen molar-refractivity contribution in [1.82, 2.24) is 0 Å². The van der Waals surface area contributed by atoms with Crippen molar-refractivity contribution >= 4 is 5.78 Å². The first kappa shape index (κ1) is 12.1. The van der Waals surface area contributed by atoms with E-state index < -0.39 is 0 Å². The van der Waals surface area contributed by atoms with Crippen molar-refractivity contribution < 1.29 is 14.3 Å². The lowest BCUT2D eigenvalue weighted by Gasteiger charge is -2.24. The van der Waals surface area contributed by atoms with E-state index in [1.54, 1.807) is 0 Å². The van der Waals surface area contributed by atoms with E-state index in [2.05, 4.69) is 0 Å². The van der Waals surface area contributed by atoms with Gasteiger partial charge in [-0.1, -0.05) is 0 Å². The Kier molecular flexibility index (Phi) is 4.79. The molecule has 0 aromatic heterocycles. The molecule has 0 saturated carbocycles. The summed E-state index contributed by atoms with van der Waals surface area (Å²) < 4.78 is 11.0. The Labute approximate surface area is 97.5 Å². The van der Waals surface area contributed by atoms with Crippen LogP contribution in [-0.4, -0.2) is 31.7 Å². The number of carbonyl (C=O) groups excluding carboxylic acids is 1. The van der Waals surface area contributed by atoms with Gasteiger partial charge in [0.25, 0.3) is 0 Å². The molecule has 3 nitrogen and oxygen atoms in total. The molecule has 0 bridgehead atoms. The van der Waals surface area contributed by atoms with E-state index in [4.69, 9.17) is 9.47 Å². The van der Waals surface area contributed by atoms with Gasteiger partial charge in [0.15, 0.2) is 0 Å². The van der Waals surface area contributed by atoms with Crippen LogP contribution in [0, 0.1) is 5.92 Å². The zero-order valence-corrected chi connectivity index (χ0v) is 9.95. The number of hydrogen-bond acceptors (Lipinski definition) is 3. The molecule has 2 aliphatic heterocycles. The van der Waals surface area contributed by atoms with Gasteiger partial charge in [0, 0.05) is 25.6 Å². The van der Waals surface area contributed by atoms with E-state index in [1.165, 1.54) is 12.8 Å². The summed E-state index contributed by atoms with van der Waals surface area (Å²) in [5.41, 5.74) is 0. The van der Waals surface area contributed by atoms with Crippen molar-refractivity contribution in [2.24, 2.45) is 5.92 Å². The van der Waals surface area contributed by atoms with Crippen LogP contribution in [0.1, 0.15) is 44.9 Å². The Morgan fingerprint density at radius 1 is 1.12 bits per heavy atom. The lowest BCUT2D eigenvalue weighted by molar-refractivity contribution is -0.127. The van der Waals surface area contributed by atoms with Gasteiger partial charge in [-0.3, -0.25) is 4.79 Å². The van der Waals surface area contributed by atoms with E-state index in [-0.39, 0.29) is 5.92 Å². The Hall–Kier alpha value is -0.410. The highest BCUT2D eigenvalue weighted by atomic mass is 16.5. The Morgan fingerprint density at radius 3 is 2.75 bits per heavy atom. The SMILES string of the molecule is O=C(CCC1CCCCO1)C1CCCOC1. The molecule has 16 heavy (non-hydrogen) atoms. The molecule has 0 aromatic rings. The van der Waals surface area contributed by atoms with E-state index in [9.17, 15) is 4.79 Å². The van der Waals surface area contributed by atoms with Crippen LogP contribution in [0.15, 0.2) is 0 Å². The Bertz CT molecular complexity index is 215. The maximum atomic E-state index is 11.9. The number of ketones is 1. The summed E-state index contributed by atoms with van der Waals surface area (Å²) in [6.07, 6.45) is 7.55. The van der Waals surface area contributed by atoms with Gasteiger partial charge in [0.2, 0.25) is 0 Å². The van der Waals surface area contributed by atoms with Gasteiger partial charge in [-0.05, 0) is 38.5 Å². The zero-order chi connectivity index (χ0) is 11.2. The minimum absolute atomic E-state index is 0.164. The molecule has 2 atom stereocenters. The number of hydrogen-bond donors (Lipinski definition) is 0. The zero-order valence-electron chi connectivity index (χ0n) is 9.95. The van der Waals surface area contributed by atoms with Crippen LogP contribution in [0.25, 0.3) is 0 Å². The van der Waals surface area contributed by atoms with Gasteiger partial charge in [-0.25, -0.2) is 0 Å². The molecule has 2 heterocycles. The van der Waals surface area contributed by atoms with Crippen LogP contribution in [-0.2, 0) is 14.3 Å². The van der Waals surface area contributed by atoms with Crippen molar-refractivity contribution in [2.75, 3.05) is 19.8 Å². The molecule has 3 heteroatoms. The summed E-state index contributed by atoms with van der Waals surface area (Å²) in [7, 11) is 0. The Morgan fingerprint density at radius 2 is 2.06 bits per heavy atom. The van der Waals surface area contributed by atoms with E-state index in [0.29, 0.717) is 24.9 Å². The van der Waals surface area contributed by atoms with Crippen molar-refractivity contribution in [3.63, 3.8) is 0 Å². The molecular formula is C13H22O3. The minimum atomic E-state index is 0.164. The van der Waals surface area contributed by atoms with Gasteiger partial charge in [-0.15, -0.1) is 0 Å². The summed E-state index contributed by atoms with van der Waals surface area (Å²) in [6.45, 7) is 2.35. The topological polar surface area (TPSA) is 35.5 Å². The third-order valence-electron chi connectivity index (χ3n) is 3.60. The molecule has 2 saturated heterocycles. The summed E-state index contributed by atoms with van der Waals surface area (Å²) >= 11 is 0. The van der Waals surface area contributed by atoms with E-state index >= 15 is 0 Å². The van der Waals surface area contributed by atoms with Crippen molar-refractivity contribution in [3.05, 3.63) is 0 Å². The van der Waals surface area contributed by atoms with Crippen molar-refractivity contribution in [2.45, 2.75) is 51.0 Å². The normalized spacial score (nSPS) is 31.2. The van der Waals surface area contributed by atoms with Crippen LogP contribution in [0.3, 0.4) is 0 Å². The van der Waals surface area contributed by atoms with Gasteiger partial charge in [0.05, 0.1) is 12.7 Å². The molecule has 0 spiro atoms. The highest BCUT2D eigenvalue weighted by Gasteiger charge is 2.23. The highest BCUT2D eigenvalue weighted by Crippen LogP contribution is 2.21. The van der Waals surface area contributed by atoms with Crippen LogP contribution in [0.4, 0.5) is 0 Å². The van der Waals surface area contributed by atoms with Crippen LogP contribution >= 0.6 is 0 Å². The molecule has 92 valence electrons. The standard InChI is InChI=1S/C13H22O3/c14-13(11-4-3-8-15-10-11)7-6-12-5-1-2-9-16-12/h11-12H,1-10H2. The molecule has 0 aromatic carbocycles. The molecule has 0 amide bonds. The molecule has 2 rings (SSSR count). The molecular weight excluding hydrogens is 204 g/mol. The van der Waals surface area contributed by atoms with Crippen LogP contribution in [0.2, 0.25) is 0 Å². The summed E-state index contributed by atoms with van der Waals surface area (Å²) in [4.78, 5) is 11.9. The third kappa shape index (κ3) is 3.56. The summed E-state index contributed by atoms with van der Waals surface area (Å²) in [6, 6.07) is 0. The highest BCUT2D eigenvalue weighted by molar-refractivity contribution is 5.81. The number of Topliss-reactive ketones (excluding diaryl/α,β-unsaturated/α-hetero) is 1. The molecule has 0 N–H and O–H groups in total. The second kappa shape index (κ2) is 6.36. The monoisotopic (exact) mass is 226 g/mol. The molecule has 0 aliphatic carbocycles. The predicted molar refractivity (Wildman–Crippen MR) is 61.4 cm³/mol. The number of ether oxygens (including phenoxy) is 2. The van der Waals surface area contributed by atoms with Crippen LogP contribution < -0.4 is 0 Å². The quantitative estimate of drug-likeness (QED) is 0.738. The maximum Gasteiger partial charge on any atom is 0.138 e. The summed E-state index contributed by atoms with van der Waals surface area (Å²) in [5, 5.41) is 0. The first-order valence-electron chi connectivity index (χ1n) is 6.58. The maximum absolute atomic E-state index is 11.9. The van der Waals surface area contributed by atoms with Crippen molar-refractivity contribution in [1.29, 1.82) is 0 Å². The fraction of sp³-hybridized carbons (Fsp3) is 0.923. The average Bonchev–Trinajstić information content (AvgIpc) is 2.38. The smallest absolute Gasteiger partial charge is 0.138 e. The molecule has 0 radical (unpaired) electrons. The Balaban J connectivity index is 1.65. The second-order valence-corrected chi connectivity index (χ2v) is 4.91. The lowest BCUT2D eigenvalue weighted by atomic mass is 9.93. The number of rotatable bonds is 4. The first-order chi connectivity index (χ1) is 7.86. The van der Waals surface area contributed by atoms with Crippen molar-refractivity contribution in [3.8, 4) is 0 Å². The van der Waals surface area contributed by atoms with E-state index in [0.717, 1.165) is 38.9 Å². The van der Waals surface area contributed by atoms with E-state index in [1.807, 2.05) is 0 Å². The number of carbonyl (C=O) groups is 1. The fourth-order valence-electron chi connectivity index (χ4n) is 2.54. The van der Waals surface area contributed by atoms with Gasteiger partial charge >= 0.3 is 0 Å². The van der Waals surface area contributed by atoms with Crippen LogP contribution in [0.5, 0.6) is 0 Å². The molecule has 2 aliphatic rings.